The molecule has 0 atom stereocenters. The van der Waals surface area contributed by atoms with Gasteiger partial charge in [-0.3, -0.25) is 4.79 Å². The highest BCUT2D eigenvalue weighted by molar-refractivity contribution is 5.95. The van der Waals surface area contributed by atoms with E-state index in [1.165, 1.54) is 25.7 Å². The molecule has 98 valence electrons. The molecule has 1 amide bonds. The first-order valence-corrected chi connectivity index (χ1v) is 6.63. The second-order valence-corrected chi connectivity index (χ2v) is 5.34. The Hall–Kier alpha value is -1.51. The van der Waals surface area contributed by atoms with Crippen LogP contribution in [0.5, 0.6) is 5.75 Å². The van der Waals surface area contributed by atoms with Crippen molar-refractivity contribution in [1.82, 2.24) is 4.90 Å². The topological polar surface area (TPSA) is 40.5 Å². The van der Waals surface area contributed by atoms with Crippen LogP contribution < -0.4 is 0 Å². The summed E-state index contributed by atoms with van der Waals surface area (Å²) in [7, 11) is 1.87. The number of hydrogen-bond acceptors (Lipinski definition) is 2. The van der Waals surface area contributed by atoms with Crippen LogP contribution in [0.25, 0.3) is 0 Å². The van der Waals surface area contributed by atoms with E-state index in [2.05, 4.69) is 0 Å². The summed E-state index contributed by atoms with van der Waals surface area (Å²) in [6.07, 6.45) is 5.08. The van der Waals surface area contributed by atoms with E-state index in [0.717, 1.165) is 12.1 Å². The van der Waals surface area contributed by atoms with Crippen LogP contribution in [0, 0.1) is 12.8 Å². The van der Waals surface area contributed by atoms with Gasteiger partial charge < -0.3 is 10.0 Å². The zero-order chi connectivity index (χ0) is 13.1. The summed E-state index contributed by atoms with van der Waals surface area (Å²) in [4.78, 5) is 14.1. The SMILES string of the molecule is Cc1cc(O)ccc1C(=O)N(C)CC1CCCC1. The maximum absolute atomic E-state index is 12.3. The summed E-state index contributed by atoms with van der Waals surface area (Å²) in [5.74, 6) is 0.929. The van der Waals surface area contributed by atoms with Crippen molar-refractivity contribution in [2.45, 2.75) is 32.6 Å². The van der Waals surface area contributed by atoms with Crippen molar-refractivity contribution >= 4 is 5.91 Å². The fraction of sp³-hybridized carbons (Fsp3) is 0.533. The molecule has 1 N–H and O–H groups in total. The van der Waals surface area contributed by atoms with E-state index in [1.807, 2.05) is 18.9 Å². The molecule has 0 aromatic heterocycles. The molecule has 1 aromatic carbocycles. The van der Waals surface area contributed by atoms with Gasteiger partial charge in [-0.05, 0) is 49.4 Å². The standard InChI is InChI=1S/C15H21NO2/c1-11-9-13(17)7-8-14(11)15(18)16(2)10-12-5-3-4-6-12/h7-9,12,17H,3-6,10H2,1-2H3. The Morgan fingerprint density at radius 3 is 2.67 bits per heavy atom. The number of phenols is 1. The Balaban J connectivity index is 2.05. The lowest BCUT2D eigenvalue weighted by Crippen LogP contribution is -2.31. The lowest BCUT2D eigenvalue weighted by atomic mass is 10.1. The Morgan fingerprint density at radius 1 is 1.39 bits per heavy atom. The molecule has 0 saturated heterocycles. The highest BCUT2D eigenvalue weighted by Gasteiger charge is 2.21. The zero-order valence-corrected chi connectivity index (χ0v) is 11.1. The molecule has 3 heteroatoms. The third-order valence-electron chi connectivity index (χ3n) is 3.79. The van der Waals surface area contributed by atoms with Gasteiger partial charge >= 0.3 is 0 Å². The van der Waals surface area contributed by atoms with Crippen LogP contribution in [0.1, 0.15) is 41.6 Å². The number of phenolic OH excluding ortho intramolecular Hbond substituents is 1. The van der Waals surface area contributed by atoms with Gasteiger partial charge in [-0.15, -0.1) is 0 Å². The number of aromatic hydroxyl groups is 1. The van der Waals surface area contributed by atoms with Gasteiger partial charge in [0.2, 0.25) is 0 Å². The molecule has 0 radical (unpaired) electrons. The van der Waals surface area contributed by atoms with Crippen LogP contribution in [0.2, 0.25) is 0 Å². The van der Waals surface area contributed by atoms with Crippen LogP contribution in [-0.2, 0) is 0 Å². The Bertz CT molecular complexity index is 436. The molecular formula is C15H21NO2. The third kappa shape index (κ3) is 2.84. The summed E-state index contributed by atoms with van der Waals surface area (Å²) in [6, 6.07) is 4.92. The number of amides is 1. The van der Waals surface area contributed by atoms with Crippen LogP contribution in [0.15, 0.2) is 18.2 Å². The molecule has 1 fully saturated rings. The van der Waals surface area contributed by atoms with Gasteiger partial charge in [0.15, 0.2) is 0 Å². The molecule has 1 aliphatic carbocycles. The highest BCUT2D eigenvalue weighted by atomic mass is 16.3. The van der Waals surface area contributed by atoms with Gasteiger partial charge in [0.25, 0.3) is 5.91 Å². The molecule has 0 spiro atoms. The summed E-state index contributed by atoms with van der Waals surface area (Å²) in [5.41, 5.74) is 1.52. The fourth-order valence-electron chi connectivity index (χ4n) is 2.76. The fourth-order valence-corrected chi connectivity index (χ4v) is 2.76. The Morgan fingerprint density at radius 2 is 2.06 bits per heavy atom. The summed E-state index contributed by atoms with van der Waals surface area (Å²) in [5, 5.41) is 9.36. The zero-order valence-electron chi connectivity index (χ0n) is 11.1. The summed E-state index contributed by atoms with van der Waals surface area (Å²) < 4.78 is 0. The maximum Gasteiger partial charge on any atom is 0.253 e. The third-order valence-corrected chi connectivity index (χ3v) is 3.79. The predicted molar refractivity (Wildman–Crippen MR) is 71.8 cm³/mol. The number of carbonyl (C=O) groups excluding carboxylic acids is 1. The molecule has 0 heterocycles. The molecule has 1 saturated carbocycles. The van der Waals surface area contributed by atoms with Crippen LogP contribution >= 0.6 is 0 Å². The van der Waals surface area contributed by atoms with Crippen LogP contribution in [-0.4, -0.2) is 29.5 Å². The monoisotopic (exact) mass is 247 g/mol. The molecule has 1 aromatic rings. The van der Waals surface area contributed by atoms with E-state index in [1.54, 1.807) is 18.2 Å². The van der Waals surface area contributed by atoms with Gasteiger partial charge in [0.05, 0.1) is 0 Å². The number of rotatable bonds is 3. The first kappa shape index (κ1) is 12.9. The van der Waals surface area contributed by atoms with Gasteiger partial charge in [-0.2, -0.15) is 0 Å². The second kappa shape index (κ2) is 5.42. The highest BCUT2D eigenvalue weighted by Crippen LogP contribution is 2.26. The van der Waals surface area contributed by atoms with Crippen molar-refractivity contribution in [3.8, 4) is 5.75 Å². The van der Waals surface area contributed by atoms with Gasteiger partial charge in [-0.1, -0.05) is 12.8 Å². The lowest BCUT2D eigenvalue weighted by Gasteiger charge is -2.22. The van der Waals surface area contributed by atoms with Crippen molar-refractivity contribution in [3.05, 3.63) is 29.3 Å². The van der Waals surface area contributed by atoms with Crippen molar-refractivity contribution in [2.24, 2.45) is 5.92 Å². The minimum atomic E-state index is 0.0550. The molecular weight excluding hydrogens is 226 g/mol. The minimum absolute atomic E-state index is 0.0550. The molecule has 3 nitrogen and oxygen atoms in total. The maximum atomic E-state index is 12.3. The van der Waals surface area contributed by atoms with E-state index in [-0.39, 0.29) is 11.7 Å². The summed E-state index contributed by atoms with van der Waals surface area (Å²) >= 11 is 0. The minimum Gasteiger partial charge on any atom is -0.508 e. The largest absolute Gasteiger partial charge is 0.508 e. The molecule has 0 aliphatic heterocycles. The van der Waals surface area contributed by atoms with Gasteiger partial charge in [-0.25, -0.2) is 0 Å². The Labute approximate surface area is 108 Å². The number of nitrogens with zero attached hydrogens (tertiary/aromatic N) is 1. The van der Waals surface area contributed by atoms with Gasteiger partial charge in [0.1, 0.15) is 5.75 Å². The number of benzene rings is 1. The average molecular weight is 247 g/mol. The number of carbonyl (C=O) groups is 1. The van der Waals surface area contributed by atoms with E-state index in [9.17, 15) is 9.90 Å². The normalized spacial score (nSPS) is 15.9. The molecule has 2 rings (SSSR count). The quantitative estimate of drug-likeness (QED) is 0.892. The van der Waals surface area contributed by atoms with Crippen molar-refractivity contribution in [3.63, 3.8) is 0 Å². The van der Waals surface area contributed by atoms with Crippen LogP contribution in [0.4, 0.5) is 0 Å². The Kier molecular flexibility index (Phi) is 3.90. The molecule has 0 unspecified atom stereocenters. The van der Waals surface area contributed by atoms with Crippen LogP contribution in [0.3, 0.4) is 0 Å². The smallest absolute Gasteiger partial charge is 0.253 e. The molecule has 0 bridgehead atoms. The van der Waals surface area contributed by atoms with Crippen molar-refractivity contribution in [1.29, 1.82) is 0 Å². The molecule has 18 heavy (non-hydrogen) atoms. The lowest BCUT2D eigenvalue weighted by molar-refractivity contribution is 0.0772. The average Bonchev–Trinajstić information content (AvgIpc) is 2.81. The van der Waals surface area contributed by atoms with E-state index in [0.29, 0.717) is 11.5 Å². The predicted octanol–water partition coefficient (Wildman–Crippen LogP) is 2.96. The first-order chi connectivity index (χ1) is 8.58. The second-order valence-electron chi connectivity index (χ2n) is 5.34. The summed E-state index contributed by atoms with van der Waals surface area (Å²) in [6.45, 7) is 2.70. The number of hydrogen-bond donors (Lipinski definition) is 1. The first-order valence-electron chi connectivity index (χ1n) is 6.63. The van der Waals surface area contributed by atoms with E-state index < -0.39 is 0 Å². The van der Waals surface area contributed by atoms with Gasteiger partial charge in [0, 0.05) is 19.2 Å². The van der Waals surface area contributed by atoms with E-state index in [4.69, 9.17) is 0 Å². The van der Waals surface area contributed by atoms with E-state index >= 15 is 0 Å². The van der Waals surface area contributed by atoms with Crippen molar-refractivity contribution in [2.75, 3.05) is 13.6 Å². The number of aryl methyl sites for hydroxylation is 1. The molecule has 1 aliphatic rings. The van der Waals surface area contributed by atoms with Crippen molar-refractivity contribution < 1.29 is 9.90 Å².